The average Bonchev–Trinajstić information content (AvgIpc) is 2.50. The highest BCUT2D eigenvalue weighted by Gasteiger charge is 2.07. The molecule has 5 N–H and O–H groups in total. The number of aromatic hydroxyl groups is 2. The smallest absolute Gasteiger partial charge is 0.269 e. The van der Waals surface area contributed by atoms with Gasteiger partial charge in [-0.1, -0.05) is 24.3 Å². The van der Waals surface area contributed by atoms with Gasteiger partial charge in [0.25, 0.3) is 5.69 Å². The van der Waals surface area contributed by atoms with Gasteiger partial charge in [0.15, 0.2) is 11.5 Å². The summed E-state index contributed by atoms with van der Waals surface area (Å²) in [6, 6.07) is 12.0. The molecule has 0 aliphatic heterocycles. The fourth-order valence-electron chi connectivity index (χ4n) is 1.43. The van der Waals surface area contributed by atoms with Crippen LogP contribution in [0, 0.1) is 10.1 Å². The predicted molar refractivity (Wildman–Crippen MR) is 76.9 cm³/mol. The standard InChI is InChI=1S/C8H11NO3.C6H5NO2/c9-4-8(12)5-1-2-6(10)7(11)3-5;8-7(9)6-4-2-1-3-5-6/h1-3,8,10-12H,4,9H2;1-5H/t8-;/m0./s1. The molecular weight excluding hydrogens is 276 g/mol. The number of aliphatic hydroxyl groups is 1. The largest absolute Gasteiger partial charge is 0.504 e. The first-order valence-electron chi connectivity index (χ1n) is 6.05. The summed E-state index contributed by atoms with van der Waals surface area (Å²) in [5.74, 6) is -0.456. The van der Waals surface area contributed by atoms with Gasteiger partial charge in [-0.2, -0.15) is 0 Å². The Hall–Kier alpha value is -2.64. The first kappa shape index (κ1) is 16.4. The monoisotopic (exact) mass is 292 g/mol. The summed E-state index contributed by atoms with van der Waals surface area (Å²) in [6.07, 6.45) is -0.795. The van der Waals surface area contributed by atoms with Crippen LogP contribution in [-0.4, -0.2) is 26.8 Å². The molecule has 0 fully saturated rings. The summed E-state index contributed by atoms with van der Waals surface area (Å²) in [5, 5.41) is 37.2. The molecule has 112 valence electrons. The van der Waals surface area contributed by atoms with E-state index in [1.54, 1.807) is 18.2 Å². The van der Waals surface area contributed by atoms with Crippen LogP contribution < -0.4 is 5.73 Å². The van der Waals surface area contributed by atoms with E-state index in [1.165, 1.54) is 30.3 Å². The highest BCUT2D eigenvalue weighted by Crippen LogP contribution is 2.27. The number of nitro groups is 1. The number of nitrogens with zero attached hydrogens (tertiary/aromatic N) is 1. The lowest BCUT2D eigenvalue weighted by Crippen LogP contribution is -2.11. The zero-order valence-electron chi connectivity index (χ0n) is 11.1. The van der Waals surface area contributed by atoms with E-state index in [1.807, 2.05) is 0 Å². The lowest BCUT2D eigenvalue weighted by Gasteiger charge is -2.08. The Kier molecular flexibility index (Phi) is 6.12. The van der Waals surface area contributed by atoms with Crippen molar-refractivity contribution in [3.05, 3.63) is 64.2 Å². The van der Waals surface area contributed by atoms with Crippen molar-refractivity contribution in [1.29, 1.82) is 0 Å². The molecule has 0 bridgehead atoms. The maximum atomic E-state index is 10.0. The van der Waals surface area contributed by atoms with Gasteiger partial charge in [-0.15, -0.1) is 0 Å². The third-order valence-electron chi connectivity index (χ3n) is 2.57. The van der Waals surface area contributed by atoms with Crippen molar-refractivity contribution in [2.45, 2.75) is 6.10 Å². The van der Waals surface area contributed by atoms with Gasteiger partial charge in [0.2, 0.25) is 0 Å². The van der Waals surface area contributed by atoms with E-state index in [4.69, 9.17) is 15.9 Å². The number of aliphatic hydroxyl groups excluding tert-OH is 1. The molecule has 21 heavy (non-hydrogen) atoms. The Bertz CT molecular complexity index is 589. The number of para-hydroxylation sites is 1. The minimum Gasteiger partial charge on any atom is -0.504 e. The van der Waals surface area contributed by atoms with Crippen molar-refractivity contribution >= 4 is 5.69 Å². The number of rotatable bonds is 3. The minimum atomic E-state index is -0.795. The normalized spacial score (nSPS) is 11.1. The fourth-order valence-corrected chi connectivity index (χ4v) is 1.43. The third-order valence-corrected chi connectivity index (χ3v) is 2.57. The van der Waals surface area contributed by atoms with Gasteiger partial charge in [0, 0.05) is 18.7 Å². The Morgan fingerprint density at radius 2 is 1.71 bits per heavy atom. The molecule has 2 aromatic carbocycles. The quantitative estimate of drug-likeness (QED) is 0.387. The molecule has 7 heteroatoms. The van der Waals surface area contributed by atoms with Crippen LogP contribution in [0.25, 0.3) is 0 Å². The number of nitrogens with two attached hydrogens (primary N) is 1. The van der Waals surface area contributed by atoms with Crippen LogP contribution in [0.3, 0.4) is 0 Å². The molecule has 0 unspecified atom stereocenters. The summed E-state index contributed by atoms with van der Waals surface area (Å²) >= 11 is 0. The Balaban J connectivity index is 0.000000219. The maximum Gasteiger partial charge on any atom is 0.269 e. The van der Waals surface area contributed by atoms with Crippen molar-refractivity contribution < 1.29 is 20.2 Å². The van der Waals surface area contributed by atoms with Gasteiger partial charge in [-0.05, 0) is 17.7 Å². The van der Waals surface area contributed by atoms with Crippen molar-refractivity contribution in [3.8, 4) is 11.5 Å². The van der Waals surface area contributed by atoms with E-state index in [9.17, 15) is 15.2 Å². The van der Waals surface area contributed by atoms with Crippen LogP contribution in [0.15, 0.2) is 48.5 Å². The lowest BCUT2D eigenvalue weighted by atomic mass is 10.1. The predicted octanol–water partition coefficient (Wildman–Crippen LogP) is 1.68. The first-order chi connectivity index (χ1) is 9.95. The topological polar surface area (TPSA) is 130 Å². The number of phenolic OH excluding ortho intramolecular Hbond substituents is 2. The second kappa shape index (κ2) is 7.83. The van der Waals surface area contributed by atoms with Crippen LogP contribution in [0.1, 0.15) is 11.7 Å². The molecule has 0 aliphatic carbocycles. The number of hydrogen-bond donors (Lipinski definition) is 4. The molecule has 0 heterocycles. The molecule has 0 saturated heterocycles. The molecule has 2 aromatic rings. The molecule has 0 aliphatic rings. The molecular formula is C14H16N2O5. The van der Waals surface area contributed by atoms with E-state index in [0.717, 1.165) is 0 Å². The van der Waals surface area contributed by atoms with E-state index in [-0.39, 0.29) is 23.7 Å². The van der Waals surface area contributed by atoms with Crippen LogP contribution >= 0.6 is 0 Å². The Labute approximate surface area is 121 Å². The molecule has 0 aromatic heterocycles. The molecule has 0 amide bonds. The number of nitro benzene ring substituents is 1. The Morgan fingerprint density at radius 1 is 1.10 bits per heavy atom. The maximum absolute atomic E-state index is 10.0. The molecule has 0 radical (unpaired) electrons. The van der Waals surface area contributed by atoms with Gasteiger partial charge in [-0.3, -0.25) is 10.1 Å². The second-order valence-electron chi connectivity index (χ2n) is 4.09. The van der Waals surface area contributed by atoms with Crippen LogP contribution in [0.4, 0.5) is 5.69 Å². The van der Waals surface area contributed by atoms with E-state index < -0.39 is 11.0 Å². The molecule has 0 spiro atoms. The van der Waals surface area contributed by atoms with E-state index in [0.29, 0.717) is 5.56 Å². The summed E-state index contributed by atoms with van der Waals surface area (Å²) in [6.45, 7) is 0.0875. The number of benzene rings is 2. The van der Waals surface area contributed by atoms with Crippen molar-refractivity contribution in [3.63, 3.8) is 0 Å². The molecule has 2 rings (SSSR count). The highest BCUT2D eigenvalue weighted by molar-refractivity contribution is 5.41. The average molecular weight is 292 g/mol. The van der Waals surface area contributed by atoms with Gasteiger partial charge in [-0.25, -0.2) is 0 Å². The minimum absolute atomic E-state index is 0.0875. The molecule has 1 atom stereocenters. The number of non-ortho nitro benzene ring substituents is 1. The van der Waals surface area contributed by atoms with Gasteiger partial charge < -0.3 is 21.1 Å². The second-order valence-corrected chi connectivity index (χ2v) is 4.09. The Morgan fingerprint density at radius 3 is 2.14 bits per heavy atom. The fraction of sp³-hybridized carbons (Fsp3) is 0.143. The summed E-state index contributed by atoms with van der Waals surface area (Å²) in [5.41, 5.74) is 5.83. The van der Waals surface area contributed by atoms with Gasteiger partial charge >= 0.3 is 0 Å². The highest BCUT2D eigenvalue weighted by atomic mass is 16.6. The van der Waals surface area contributed by atoms with Crippen LogP contribution in [0.2, 0.25) is 0 Å². The van der Waals surface area contributed by atoms with E-state index in [2.05, 4.69) is 0 Å². The molecule has 7 nitrogen and oxygen atoms in total. The van der Waals surface area contributed by atoms with Crippen molar-refractivity contribution in [2.24, 2.45) is 5.73 Å². The molecule has 0 saturated carbocycles. The SMILES string of the molecule is NC[C@H](O)c1ccc(O)c(O)c1.O=[N+]([O-])c1ccccc1. The first-order valence-corrected chi connectivity index (χ1v) is 6.05. The van der Waals surface area contributed by atoms with Crippen LogP contribution in [0.5, 0.6) is 11.5 Å². The zero-order chi connectivity index (χ0) is 15.8. The third kappa shape index (κ3) is 5.09. The number of hydrogen-bond acceptors (Lipinski definition) is 6. The van der Waals surface area contributed by atoms with Crippen molar-refractivity contribution in [1.82, 2.24) is 0 Å². The summed E-state index contributed by atoms with van der Waals surface area (Å²) < 4.78 is 0. The van der Waals surface area contributed by atoms with Gasteiger partial charge in [0.1, 0.15) is 0 Å². The number of phenols is 2. The van der Waals surface area contributed by atoms with Crippen LogP contribution in [-0.2, 0) is 0 Å². The van der Waals surface area contributed by atoms with E-state index >= 15 is 0 Å². The zero-order valence-corrected chi connectivity index (χ0v) is 11.1. The van der Waals surface area contributed by atoms with Gasteiger partial charge in [0.05, 0.1) is 11.0 Å². The lowest BCUT2D eigenvalue weighted by molar-refractivity contribution is -0.384. The summed E-state index contributed by atoms with van der Waals surface area (Å²) in [7, 11) is 0. The van der Waals surface area contributed by atoms with Crippen molar-refractivity contribution in [2.75, 3.05) is 6.54 Å². The summed E-state index contributed by atoms with van der Waals surface area (Å²) in [4.78, 5) is 9.59.